The Hall–Kier alpha value is -0.860. The van der Waals surface area contributed by atoms with E-state index < -0.39 is 0 Å². The molecule has 2 heteroatoms. The first-order valence-corrected chi connectivity index (χ1v) is 7.76. The van der Waals surface area contributed by atoms with Crippen LogP contribution in [0.25, 0.3) is 0 Å². The predicted molar refractivity (Wildman–Crippen MR) is 80.2 cm³/mol. The fraction of sp³-hybridized carbons (Fsp3) is 0.647. The van der Waals surface area contributed by atoms with E-state index in [1.165, 1.54) is 44.1 Å². The first-order valence-electron chi connectivity index (χ1n) is 7.76. The number of aliphatic hydroxyl groups excluding tert-OH is 1. The number of rotatable bonds is 6. The zero-order valence-corrected chi connectivity index (χ0v) is 11.9. The fourth-order valence-corrected chi connectivity index (χ4v) is 3.00. The molecule has 2 N–H and O–H groups in total. The Morgan fingerprint density at radius 3 is 2.37 bits per heavy atom. The molecular weight excluding hydrogens is 234 g/mol. The lowest BCUT2D eigenvalue weighted by Gasteiger charge is -2.21. The van der Waals surface area contributed by atoms with Crippen molar-refractivity contribution in [2.75, 3.05) is 13.2 Å². The summed E-state index contributed by atoms with van der Waals surface area (Å²) >= 11 is 0. The summed E-state index contributed by atoms with van der Waals surface area (Å²) in [7, 11) is 0. The van der Waals surface area contributed by atoms with Gasteiger partial charge in [-0.2, -0.15) is 0 Å². The van der Waals surface area contributed by atoms with E-state index in [-0.39, 0.29) is 12.6 Å². The second-order valence-corrected chi connectivity index (χ2v) is 5.84. The summed E-state index contributed by atoms with van der Waals surface area (Å²) in [5.74, 6) is 0.812. The SMILES string of the molecule is OCC(Cc1ccccc1)NCC1CCCCCC1. The van der Waals surface area contributed by atoms with Gasteiger partial charge in [-0.3, -0.25) is 0 Å². The molecule has 0 aliphatic heterocycles. The van der Waals surface area contributed by atoms with E-state index >= 15 is 0 Å². The zero-order chi connectivity index (χ0) is 13.3. The monoisotopic (exact) mass is 261 g/mol. The van der Waals surface area contributed by atoms with Crippen molar-refractivity contribution in [3.05, 3.63) is 35.9 Å². The average Bonchev–Trinajstić information content (AvgIpc) is 2.73. The molecule has 0 saturated heterocycles. The summed E-state index contributed by atoms with van der Waals surface area (Å²) in [4.78, 5) is 0. The Morgan fingerprint density at radius 1 is 1.05 bits per heavy atom. The summed E-state index contributed by atoms with van der Waals surface area (Å²) in [6.07, 6.45) is 9.22. The Balaban J connectivity index is 1.75. The molecule has 1 saturated carbocycles. The number of benzene rings is 1. The molecule has 2 rings (SSSR count). The Labute approximate surface area is 117 Å². The van der Waals surface area contributed by atoms with Gasteiger partial charge in [0, 0.05) is 6.04 Å². The van der Waals surface area contributed by atoms with Crippen molar-refractivity contribution in [1.82, 2.24) is 5.32 Å². The van der Waals surface area contributed by atoms with Crippen LogP contribution in [0.2, 0.25) is 0 Å². The molecule has 2 nitrogen and oxygen atoms in total. The smallest absolute Gasteiger partial charge is 0.0587 e. The summed E-state index contributed by atoms with van der Waals surface area (Å²) in [6.45, 7) is 1.29. The van der Waals surface area contributed by atoms with E-state index in [9.17, 15) is 5.11 Å². The quantitative estimate of drug-likeness (QED) is 0.771. The van der Waals surface area contributed by atoms with Crippen LogP contribution in [0.15, 0.2) is 30.3 Å². The molecule has 1 aliphatic carbocycles. The average molecular weight is 261 g/mol. The minimum absolute atomic E-state index is 0.200. The Kier molecular flexibility index (Phi) is 6.38. The Morgan fingerprint density at radius 2 is 1.74 bits per heavy atom. The van der Waals surface area contributed by atoms with Crippen LogP contribution in [-0.4, -0.2) is 24.3 Å². The molecule has 0 heterocycles. The third-order valence-corrected chi connectivity index (χ3v) is 4.22. The van der Waals surface area contributed by atoms with Crippen molar-refractivity contribution in [2.45, 2.75) is 51.0 Å². The topological polar surface area (TPSA) is 32.3 Å². The van der Waals surface area contributed by atoms with E-state index in [0.29, 0.717) is 0 Å². The van der Waals surface area contributed by atoms with Crippen molar-refractivity contribution in [3.8, 4) is 0 Å². The van der Waals surface area contributed by atoms with Gasteiger partial charge in [-0.05, 0) is 37.3 Å². The molecule has 1 atom stereocenters. The minimum atomic E-state index is 0.200. The van der Waals surface area contributed by atoms with E-state index in [1.54, 1.807) is 0 Å². The second kappa shape index (κ2) is 8.34. The van der Waals surface area contributed by atoms with Gasteiger partial charge in [0.2, 0.25) is 0 Å². The normalized spacial score (nSPS) is 19.0. The van der Waals surface area contributed by atoms with Crippen LogP contribution in [0, 0.1) is 5.92 Å². The third kappa shape index (κ3) is 5.33. The molecule has 1 aliphatic rings. The lowest BCUT2D eigenvalue weighted by Crippen LogP contribution is -2.37. The largest absolute Gasteiger partial charge is 0.395 e. The highest BCUT2D eigenvalue weighted by atomic mass is 16.3. The fourth-order valence-electron chi connectivity index (χ4n) is 3.00. The molecule has 19 heavy (non-hydrogen) atoms. The maximum absolute atomic E-state index is 9.51. The molecule has 1 fully saturated rings. The van der Waals surface area contributed by atoms with Crippen molar-refractivity contribution in [2.24, 2.45) is 5.92 Å². The van der Waals surface area contributed by atoms with Gasteiger partial charge < -0.3 is 10.4 Å². The van der Waals surface area contributed by atoms with Gasteiger partial charge in [-0.15, -0.1) is 0 Å². The number of aliphatic hydroxyl groups is 1. The van der Waals surface area contributed by atoms with Gasteiger partial charge in [0.1, 0.15) is 0 Å². The second-order valence-electron chi connectivity index (χ2n) is 5.84. The summed E-state index contributed by atoms with van der Waals surface area (Å²) in [5.41, 5.74) is 1.30. The number of hydrogen-bond acceptors (Lipinski definition) is 2. The summed E-state index contributed by atoms with van der Waals surface area (Å²) in [6, 6.07) is 10.6. The van der Waals surface area contributed by atoms with E-state index in [1.807, 2.05) is 6.07 Å². The maximum Gasteiger partial charge on any atom is 0.0587 e. The highest BCUT2D eigenvalue weighted by Crippen LogP contribution is 2.22. The van der Waals surface area contributed by atoms with Gasteiger partial charge in [0.05, 0.1) is 6.61 Å². The van der Waals surface area contributed by atoms with Gasteiger partial charge in [-0.25, -0.2) is 0 Å². The molecule has 1 unspecified atom stereocenters. The molecule has 106 valence electrons. The molecule has 0 spiro atoms. The van der Waals surface area contributed by atoms with Crippen LogP contribution in [0.4, 0.5) is 0 Å². The van der Waals surface area contributed by atoms with Crippen LogP contribution in [-0.2, 0) is 6.42 Å². The maximum atomic E-state index is 9.51. The van der Waals surface area contributed by atoms with Gasteiger partial charge >= 0.3 is 0 Å². The van der Waals surface area contributed by atoms with Crippen LogP contribution in [0.3, 0.4) is 0 Å². The molecule has 0 radical (unpaired) electrons. The standard InChI is InChI=1S/C17H27NO/c19-14-17(12-15-8-6-3-7-9-15)18-13-16-10-4-1-2-5-11-16/h3,6-9,16-19H,1-2,4-5,10-14H2. The van der Waals surface area contributed by atoms with Gasteiger partial charge in [0.25, 0.3) is 0 Å². The molecule has 0 amide bonds. The molecule has 1 aromatic rings. The van der Waals surface area contributed by atoms with E-state index in [4.69, 9.17) is 0 Å². The molecular formula is C17H27NO. The van der Waals surface area contributed by atoms with Crippen molar-refractivity contribution in [1.29, 1.82) is 0 Å². The lowest BCUT2D eigenvalue weighted by atomic mass is 9.99. The van der Waals surface area contributed by atoms with Crippen molar-refractivity contribution >= 4 is 0 Å². The van der Waals surface area contributed by atoms with Crippen molar-refractivity contribution in [3.63, 3.8) is 0 Å². The van der Waals surface area contributed by atoms with Gasteiger partial charge in [0.15, 0.2) is 0 Å². The van der Waals surface area contributed by atoms with Crippen LogP contribution >= 0.6 is 0 Å². The van der Waals surface area contributed by atoms with E-state index in [0.717, 1.165) is 18.9 Å². The minimum Gasteiger partial charge on any atom is -0.395 e. The summed E-state index contributed by atoms with van der Waals surface area (Å²) in [5, 5.41) is 13.1. The van der Waals surface area contributed by atoms with Gasteiger partial charge in [-0.1, -0.05) is 56.0 Å². The van der Waals surface area contributed by atoms with E-state index in [2.05, 4.69) is 29.6 Å². The molecule has 0 bridgehead atoms. The summed E-state index contributed by atoms with van der Waals surface area (Å²) < 4.78 is 0. The van der Waals surface area contributed by atoms with Crippen molar-refractivity contribution < 1.29 is 5.11 Å². The molecule has 0 aromatic heterocycles. The first-order chi connectivity index (χ1) is 9.38. The van der Waals surface area contributed by atoms with Crippen LogP contribution < -0.4 is 5.32 Å². The van der Waals surface area contributed by atoms with Crippen LogP contribution in [0.5, 0.6) is 0 Å². The molecule has 1 aromatic carbocycles. The lowest BCUT2D eigenvalue weighted by molar-refractivity contribution is 0.233. The first kappa shape index (κ1) is 14.5. The predicted octanol–water partition coefficient (Wildman–Crippen LogP) is 3.15. The highest BCUT2D eigenvalue weighted by molar-refractivity contribution is 5.15. The Bertz CT molecular complexity index is 330. The third-order valence-electron chi connectivity index (χ3n) is 4.22. The number of hydrogen-bond donors (Lipinski definition) is 2. The highest BCUT2D eigenvalue weighted by Gasteiger charge is 2.14. The number of nitrogens with one attached hydrogen (secondary N) is 1. The van der Waals surface area contributed by atoms with Crippen LogP contribution in [0.1, 0.15) is 44.1 Å². The zero-order valence-electron chi connectivity index (χ0n) is 11.9.